The minimum atomic E-state index is -4.08. The summed E-state index contributed by atoms with van der Waals surface area (Å²) in [6.45, 7) is 19.3. The molecule has 2 aliphatic heterocycles. The summed E-state index contributed by atoms with van der Waals surface area (Å²) in [5.41, 5.74) is -1.24. The van der Waals surface area contributed by atoms with Crippen molar-refractivity contribution in [3.05, 3.63) is 0 Å². The summed E-state index contributed by atoms with van der Waals surface area (Å²) in [5.74, 6) is -1.62. The third kappa shape index (κ3) is 14.3. The summed E-state index contributed by atoms with van der Waals surface area (Å²) < 4.78 is 57.4. The molecule has 52 heavy (non-hydrogen) atoms. The number of halogens is 2. The van der Waals surface area contributed by atoms with Gasteiger partial charge < -0.3 is 31.1 Å². The van der Waals surface area contributed by atoms with Crippen LogP contribution in [-0.4, -0.2) is 155 Å². The number of amides is 4. The van der Waals surface area contributed by atoms with E-state index in [9.17, 15) is 37.0 Å². The second-order valence-corrected chi connectivity index (χ2v) is 21.5. The largest absolute Gasteiger partial charge is 0.379 e. The molecular formula is C35H69F2N7O7S. The molecule has 4 amide bonds. The molecule has 0 aromatic rings. The van der Waals surface area contributed by atoms with E-state index in [2.05, 4.69) is 26.2 Å². The second kappa shape index (κ2) is 18.5. The van der Waals surface area contributed by atoms with E-state index in [4.69, 9.17) is 4.74 Å². The zero-order valence-electron chi connectivity index (χ0n) is 33.3. The molecular weight excluding hydrogens is 700 g/mol. The van der Waals surface area contributed by atoms with E-state index in [1.165, 1.54) is 23.9 Å². The third-order valence-electron chi connectivity index (χ3n) is 10.2. The lowest BCUT2D eigenvalue weighted by Gasteiger charge is -2.46. The summed E-state index contributed by atoms with van der Waals surface area (Å²) in [7, 11) is -2.57. The highest BCUT2D eigenvalue weighted by molar-refractivity contribution is 8.11. The van der Waals surface area contributed by atoms with Crippen molar-refractivity contribution in [3.8, 4) is 0 Å². The molecule has 0 spiro atoms. The Morgan fingerprint density at radius 2 is 1.58 bits per heavy atom. The van der Waals surface area contributed by atoms with E-state index in [0.29, 0.717) is 32.6 Å². The average Bonchev–Trinajstić information content (AvgIpc) is 3.45. The first-order valence-corrected chi connectivity index (χ1v) is 21.1. The van der Waals surface area contributed by atoms with Crippen LogP contribution in [-0.2, 0) is 23.9 Å². The van der Waals surface area contributed by atoms with Crippen molar-refractivity contribution in [2.24, 2.45) is 22.7 Å². The van der Waals surface area contributed by atoms with Crippen LogP contribution in [0.5, 0.6) is 0 Å². The van der Waals surface area contributed by atoms with Gasteiger partial charge in [0.05, 0.1) is 25.3 Å². The highest BCUT2D eigenvalue weighted by atomic mass is 32.3. The Hall–Kier alpha value is -2.02. The van der Waals surface area contributed by atoms with Crippen molar-refractivity contribution in [1.29, 1.82) is 0 Å². The maximum atomic E-state index is 14.0. The molecule has 0 radical (unpaired) electrons. The van der Waals surface area contributed by atoms with Crippen molar-refractivity contribution in [2.75, 3.05) is 72.0 Å². The molecule has 2 heterocycles. The number of aliphatic hydroxyl groups excluding tert-OH is 1. The standard InChI is InChI=1S/C35H69F2N7O7S/c1-23(2)24-13-16-44(28(24)31(46)39-25(21-27(36)37)30(45)38-14-12-15-43-17-19-51-20-18-43)32(47)29(35(6,7)8)41-33(48)40-26(34(3,4)5)22-42(9)52(10,11,49)50/h23-29,32,47H,12-22H2,1-11H3,(H,38,45)(H,39,46)(H,49,50)(H2,40,41,48)/t24?,25-,26+,28-,29+,32?/m0/s1. The lowest BCUT2D eigenvalue weighted by atomic mass is 9.84. The number of likely N-dealkylation sites (N-methyl/N-ethyl adjacent to an activating group) is 1. The average molecular weight is 770 g/mol. The smallest absolute Gasteiger partial charge is 0.315 e. The normalized spacial score (nSPS) is 22.8. The van der Waals surface area contributed by atoms with Gasteiger partial charge in [-0.3, -0.25) is 23.9 Å². The number of carbonyl (C=O) groups excluding carboxylic acids is 3. The lowest BCUT2D eigenvalue weighted by Crippen LogP contribution is -2.64. The minimum absolute atomic E-state index is 0.0211. The van der Waals surface area contributed by atoms with Crippen LogP contribution in [0.3, 0.4) is 0 Å². The van der Waals surface area contributed by atoms with Gasteiger partial charge in [-0.15, -0.1) is 9.53 Å². The summed E-state index contributed by atoms with van der Waals surface area (Å²) in [5, 5.41) is 23.1. The molecule has 2 unspecified atom stereocenters. The number of likely N-dealkylation sites (tertiary alicyclic amines) is 1. The fraction of sp³-hybridized carbons (Fsp3) is 0.914. The van der Waals surface area contributed by atoms with E-state index < -0.39 is 81.4 Å². The van der Waals surface area contributed by atoms with E-state index in [1.807, 2.05) is 55.4 Å². The molecule has 0 bridgehead atoms. The number of carbonyl (C=O) groups is 3. The predicted molar refractivity (Wildman–Crippen MR) is 200 cm³/mol. The number of ether oxygens (including phenoxy) is 1. The summed E-state index contributed by atoms with van der Waals surface area (Å²) in [6, 6.07) is -4.52. The molecule has 0 aromatic carbocycles. The fourth-order valence-corrected chi connectivity index (χ4v) is 7.16. The fourth-order valence-electron chi connectivity index (χ4n) is 6.59. The molecule has 0 aromatic heterocycles. The first kappa shape index (κ1) is 46.1. The molecule has 14 nitrogen and oxygen atoms in total. The van der Waals surface area contributed by atoms with Gasteiger partial charge in [0.1, 0.15) is 12.3 Å². The zero-order valence-corrected chi connectivity index (χ0v) is 34.2. The molecule has 17 heteroatoms. The van der Waals surface area contributed by atoms with E-state index in [-0.39, 0.29) is 24.9 Å². The van der Waals surface area contributed by atoms with Crippen LogP contribution in [0, 0.1) is 22.7 Å². The van der Waals surface area contributed by atoms with Gasteiger partial charge in [-0.1, -0.05) is 55.4 Å². The van der Waals surface area contributed by atoms with Crippen molar-refractivity contribution in [2.45, 2.75) is 111 Å². The van der Waals surface area contributed by atoms with Crippen LogP contribution >= 0.6 is 0 Å². The van der Waals surface area contributed by atoms with Crippen LogP contribution in [0.1, 0.15) is 74.7 Å². The predicted octanol–water partition coefficient (Wildman–Crippen LogP) is 2.16. The molecule has 306 valence electrons. The van der Waals surface area contributed by atoms with Gasteiger partial charge in [-0.2, -0.15) is 4.21 Å². The van der Waals surface area contributed by atoms with Crippen molar-refractivity contribution in [1.82, 2.24) is 35.4 Å². The Balaban J connectivity index is 2.25. The van der Waals surface area contributed by atoms with Crippen molar-refractivity contribution >= 4 is 27.4 Å². The van der Waals surface area contributed by atoms with Gasteiger partial charge in [-0.05, 0) is 42.1 Å². The molecule has 0 saturated carbocycles. The number of nitrogens with one attached hydrogen (secondary N) is 4. The number of hydrogen-bond acceptors (Lipinski definition) is 8. The summed E-state index contributed by atoms with van der Waals surface area (Å²) in [4.78, 5) is 44.5. The van der Waals surface area contributed by atoms with Gasteiger partial charge in [0.25, 0.3) is 0 Å². The van der Waals surface area contributed by atoms with Crippen LogP contribution in [0.2, 0.25) is 0 Å². The molecule has 2 rings (SSSR count). The van der Waals surface area contributed by atoms with Gasteiger partial charge in [0.15, 0.2) is 0 Å². The SMILES string of the molecule is CC(C)C1CCN(C(O)[C@@H](NC(=O)N[C@H](CN(C)S(C)(C)(=O)O)C(C)(C)C)C(C)(C)C)[C@@H]1C(=O)N[C@@H](CC(F)F)C(=O)NCCCN1CCOCC1. The Bertz CT molecular complexity index is 1240. The van der Waals surface area contributed by atoms with Crippen LogP contribution in [0.4, 0.5) is 13.6 Å². The van der Waals surface area contributed by atoms with Gasteiger partial charge in [0.2, 0.25) is 18.2 Å². The first-order chi connectivity index (χ1) is 23.7. The molecule has 0 aliphatic carbocycles. The number of morpholine rings is 1. The Morgan fingerprint density at radius 3 is 2.08 bits per heavy atom. The molecule has 2 saturated heterocycles. The topological polar surface area (TPSA) is 176 Å². The van der Waals surface area contributed by atoms with Crippen molar-refractivity contribution in [3.63, 3.8) is 0 Å². The summed E-state index contributed by atoms with van der Waals surface area (Å²) >= 11 is 0. The monoisotopic (exact) mass is 769 g/mol. The quantitative estimate of drug-likeness (QED) is 0.121. The highest BCUT2D eigenvalue weighted by Gasteiger charge is 2.48. The van der Waals surface area contributed by atoms with Crippen LogP contribution in [0.15, 0.2) is 0 Å². The first-order valence-electron chi connectivity index (χ1n) is 18.4. The molecule has 6 N–H and O–H groups in total. The van der Waals surface area contributed by atoms with Crippen LogP contribution < -0.4 is 21.3 Å². The number of alkyl halides is 2. The lowest BCUT2D eigenvalue weighted by molar-refractivity contribution is -0.138. The number of urea groups is 1. The summed E-state index contributed by atoms with van der Waals surface area (Å²) in [6.07, 6.45) is -1.45. The Kier molecular flexibility index (Phi) is 16.5. The minimum Gasteiger partial charge on any atom is -0.379 e. The van der Waals surface area contributed by atoms with Gasteiger partial charge in [0, 0.05) is 64.7 Å². The second-order valence-electron chi connectivity index (χ2n) is 17.5. The molecule has 6 atom stereocenters. The maximum Gasteiger partial charge on any atom is 0.315 e. The highest BCUT2D eigenvalue weighted by Crippen LogP contribution is 2.35. The van der Waals surface area contributed by atoms with Gasteiger partial charge >= 0.3 is 6.03 Å². The number of hydrogen-bond donors (Lipinski definition) is 6. The van der Waals surface area contributed by atoms with Crippen LogP contribution in [0.25, 0.3) is 0 Å². The third-order valence-corrected chi connectivity index (χ3v) is 12.2. The number of nitrogens with zero attached hydrogens (tertiary/aromatic N) is 3. The maximum absolute atomic E-state index is 14.0. The Morgan fingerprint density at radius 1 is 0.981 bits per heavy atom. The van der Waals surface area contributed by atoms with E-state index >= 15 is 0 Å². The Labute approximate surface area is 310 Å². The number of rotatable bonds is 17. The van der Waals surface area contributed by atoms with E-state index in [1.54, 1.807) is 4.90 Å². The molecule has 2 aliphatic rings. The zero-order chi connectivity index (χ0) is 39.8. The van der Waals surface area contributed by atoms with Crippen molar-refractivity contribution < 1.29 is 41.8 Å². The van der Waals surface area contributed by atoms with E-state index in [0.717, 1.165) is 19.6 Å². The molecule has 2 fully saturated rings. The number of aliphatic hydroxyl groups is 1. The van der Waals surface area contributed by atoms with Gasteiger partial charge in [-0.25, -0.2) is 17.9 Å².